The lowest BCUT2D eigenvalue weighted by Crippen LogP contribution is -2.34. The molecule has 3 aromatic carbocycles. The van der Waals surface area contributed by atoms with Gasteiger partial charge in [-0.3, -0.25) is 9.59 Å². The van der Waals surface area contributed by atoms with Crippen LogP contribution in [-0.2, 0) is 21.2 Å². The third-order valence-electron chi connectivity index (χ3n) is 5.79. The minimum Gasteiger partial charge on any atom is -0.497 e. The van der Waals surface area contributed by atoms with E-state index in [1.54, 1.807) is 43.5 Å². The maximum Gasteiger partial charge on any atom is 0.322 e. The molecule has 11 heteroatoms. The van der Waals surface area contributed by atoms with Crippen LogP contribution in [0.4, 0.5) is 0 Å². The van der Waals surface area contributed by atoms with Crippen molar-refractivity contribution in [2.75, 3.05) is 14.2 Å². The Bertz CT molecular complexity index is 1560. The molecule has 1 N–H and O–H groups in total. The molecule has 0 aliphatic rings. The minimum atomic E-state index is -4.25. The van der Waals surface area contributed by atoms with Gasteiger partial charge in [-0.15, -0.1) is 5.10 Å². The zero-order valence-corrected chi connectivity index (χ0v) is 20.3. The number of rotatable bonds is 9. The summed E-state index contributed by atoms with van der Waals surface area (Å²) in [6, 6.07) is 17.9. The summed E-state index contributed by atoms with van der Waals surface area (Å²) in [5.41, 5.74) is 1.43. The summed E-state index contributed by atoms with van der Waals surface area (Å²) in [5.74, 6) is -0.377. The van der Waals surface area contributed by atoms with Gasteiger partial charge in [0.05, 0.1) is 24.5 Å². The number of ether oxygens (including phenoxy) is 2. The Morgan fingerprint density at radius 3 is 2.11 bits per heavy atom. The Morgan fingerprint density at radius 1 is 0.944 bits per heavy atom. The van der Waals surface area contributed by atoms with Crippen LogP contribution >= 0.6 is 0 Å². The molecule has 1 aromatic heterocycles. The molecular formula is C25H23N3O7S. The van der Waals surface area contributed by atoms with Gasteiger partial charge in [-0.25, -0.2) is 13.1 Å². The fourth-order valence-corrected chi connectivity index (χ4v) is 5.29. The molecule has 0 bridgehead atoms. The van der Waals surface area contributed by atoms with Crippen molar-refractivity contribution >= 4 is 26.7 Å². The molecule has 0 saturated carbocycles. The minimum absolute atomic E-state index is 0.131. The van der Waals surface area contributed by atoms with E-state index in [2.05, 4.69) is 10.3 Å². The van der Waals surface area contributed by atoms with Crippen molar-refractivity contribution in [3.8, 4) is 22.6 Å². The second kappa shape index (κ2) is 10.2. The van der Waals surface area contributed by atoms with E-state index in [9.17, 15) is 23.1 Å². The lowest BCUT2D eigenvalue weighted by atomic mass is 10.1. The molecule has 1 heterocycles. The van der Waals surface area contributed by atoms with Gasteiger partial charge in [-0.2, -0.15) is 0 Å². The summed E-state index contributed by atoms with van der Waals surface area (Å²) in [4.78, 5) is 24.6. The summed E-state index contributed by atoms with van der Waals surface area (Å²) < 4.78 is 37.6. The Labute approximate surface area is 206 Å². The highest BCUT2D eigenvalue weighted by molar-refractivity contribution is 7.92. The number of nitrogens with zero attached hydrogens (tertiary/aromatic N) is 3. The number of aryl methyl sites for hydroxylation is 1. The fourth-order valence-electron chi connectivity index (χ4n) is 3.76. The van der Waals surface area contributed by atoms with Gasteiger partial charge in [-0.1, -0.05) is 29.5 Å². The molecule has 0 saturated heterocycles. The van der Waals surface area contributed by atoms with Crippen LogP contribution in [0.3, 0.4) is 0 Å². The molecule has 1 atom stereocenters. The number of hydrogen-bond acceptors (Lipinski definition) is 8. The quantitative estimate of drug-likeness (QED) is 0.361. The molecule has 0 aliphatic carbocycles. The summed E-state index contributed by atoms with van der Waals surface area (Å²) in [6.45, 7) is -0.251. The maximum atomic E-state index is 13.2. The van der Waals surface area contributed by atoms with Crippen molar-refractivity contribution in [2.45, 2.75) is 23.1 Å². The molecule has 0 fully saturated rings. The van der Waals surface area contributed by atoms with Crippen molar-refractivity contribution in [1.29, 1.82) is 0 Å². The second-order valence-electron chi connectivity index (χ2n) is 7.91. The van der Waals surface area contributed by atoms with Gasteiger partial charge in [0.15, 0.2) is 15.1 Å². The third-order valence-corrected chi connectivity index (χ3v) is 7.90. The number of sulfone groups is 1. The van der Waals surface area contributed by atoms with Crippen molar-refractivity contribution in [1.82, 2.24) is 15.0 Å². The summed E-state index contributed by atoms with van der Waals surface area (Å²) in [5, 5.41) is 15.9. The van der Waals surface area contributed by atoms with Crippen molar-refractivity contribution in [2.24, 2.45) is 0 Å². The van der Waals surface area contributed by atoms with E-state index in [1.807, 2.05) is 12.1 Å². The molecule has 186 valence electrons. The highest BCUT2D eigenvalue weighted by Crippen LogP contribution is 2.26. The highest BCUT2D eigenvalue weighted by atomic mass is 32.2. The van der Waals surface area contributed by atoms with E-state index in [4.69, 9.17) is 9.47 Å². The van der Waals surface area contributed by atoms with Gasteiger partial charge in [0.1, 0.15) is 17.0 Å². The third kappa shape index (κ3) is 4.91. The number of aliphatic carboxylic acids is 1. The van der Waals surface area contributed by atoms with Gasteiger partial charge in [0.2, 0.25) is 0 Å². The number of aromatic nitrogens is 3. The van der Waals surface area contributed by atoms with Crippen molar-refractivity contribution in [3.63, 3.8) is 0 Å². The van der Waals surface area contributed by atoms with Crippen LogP contribution in [0, 0.1) is 0 Å². The number of carbonyl (C=O) groups is 1. The number of benzene rings is 3. The van der Waals surface area contributed by atoms with Gasteiger partial charge in [0.25, 0.3) is 5.56 Å². The normalized spacial score (nSPS) is 12.3. The van der Waals surface area contributed by atoms with Crippen LogP contribution < -0.4 is 15.0 Å². The SMILES string of the molecule is COc1ccc(-c2ccc(S(=O)(=O)C(CCn3nnc4ccc(OC)cc4c3=O)C(=O)O)cc2)cc1. The zero-order chi connectivity index (χ0) is 25.9. The van der Waals surface area contributed by atoms with Crippen LogP contribution in [0.2, 0.25) is 0 Å². The Balaban J connectivity index is 1.57. The van der Waals surface area contributed by atoms with Crippen LogP contribution in [-0.4, -0.2) is 54.0 Å². The molecule has 0 aliphatic heterocycles. The van der Waals surface area contributed by atoms with Gasteiger partial charge >= 0.3 is 5.97 Å². The Hall–Kier alpha value is -4.25. The molecular weight excluding hydrogens is 486 g/mol. The first-order valence-electron chi connectivity index (χ1n) is 10.9. The second-order valence-corrected chi connectivity index (χ2v) is 10.0. The van der Waals surface area contributed by atoms with Gasteiger partial charge in [-0.05, 0) is 60.0 Å². The van der Waals surface area contributed by atoms with E-state index in [0.29, 0.717) is 17.0 Å². The predicted molar refractivity (Wildman–Crippen MR) is 132 cm³/mol. The van der Waals surface area contributed by atoms with E-state index < -0.39 is 26.6 Å². The topological polar surface area (TPSA) is 138 Å². The summed E-state index contributed by atoms with van der Waals surface area (Å²) in [6.07, 6.45) is -0.373. The Kier molecular flexibility index (Phi) is 7.02. The van der Waals surface area contributed by atoms with Gasteiger partial charge in [0, 0.05) is 6.54 Å². The zero-order valence-electron chi connectivity index (χ0n) is 19.5. The van der Waals surface area contributed by atoms with E-state index in [1.165, 1.54) is 25.3 Å². The first-order chi connectivity index (χ1) is 17.2. The van der Waals surface area contributed by atoms with Crippen LogP contribution in [0.1, 0.15) is 6.42 Å². The Morgan fingerprint density at radius 2 is 1.53 bits per heavy atom. The molecule has 1 unspecified atom stereocenters. The van der Waals surface area contributed by atoms with Crippen LogP contribution in [0.25, 0.3) is 22.0 Å². The lowest BCUT2D eigenvalue weighted by Gasteiger charge is -2.14. The first kappa shape index (κ1) is 24.9. The van der Waals surface area contributed by atoms with Gasteiger partial charge < -0.3 is 14.6 Å². The van der Waals surface area contributed by atoms with E-state index >= 15 is 0 Å². The predicted octanol–water partition coefficient (Wildman–Crippen LogP) is 2.79. The van der Waals surface area contributed by atoms with E-state index in [-0.39, 0.29) is 23.2 Å². The smallest absolute Gasteiger partial charge is 0.322 e. The molecule has 0 radical (unpaired) electrons. The van der Waals surface area contributed by atoms with Crippen molar-refractivity contribution in [3.05, 3.63) is 77.1 Å². The number of carboxylic acid groups (broad SMARTS) is 1. The number of methoxy groups -OCH3 is 2. The standard InChI is InChI=1S/C25H23N3O7S/c1-34-18-7-3-16(4-8-18)17-5-10-20(11-6-17)36(32,33)23(25(30)31)13-14-28-24(29)21-15-19(35-2)9-12-22(21)26-27-28/h3-12,15,23H,13-14H2,1-2H3,(H,30,31). The first-order valence-corrected chi connectivity index (χ1v) is 12.4. The number of carboxylic acids is 1. The molecule has 0 spiro atoms. The molecule has 4 rings (SSSR count). The molecule has 4 aromatic rings. The molecule has 36 heavy (non-hydrogen) atoms. The number of hydrogen-bond donors (Lipinski definition) is 1. The highest BCUT2D eigenvalue weighted by Gasteiger charge is 2.34. The number of fused-ring (bicyclic) bond motifs is 1. The summed E-state index contributed by atoms with van der Waals surface area (Å²) >= 11 is 0. The fraction of sp³-hybridized carbons (Fsp3) is 0.200. The average molecular weight is 510 g/mol. The molecule has 0 amide bonds. The molecule has 10 nitrogen and oxygen atoms in total. The largest absolute Gasteiger partial charge is 0.497 e. The van der Waals surface area contributed by atoms with Crippen LogP contribution in [0.15, 0.2) is 76.4 Å². The summed E-state index contributed by atoms with van der Waals surface area (Å²) in [7, 11) is -1.23. The lowest BCUT2D eigenvalue weighted by molar-refractivity contribution is -0.136. The maximum absolute atomic E-state index is 13.2. The van der Waals surface area contributed by atoms with Crippen molar-refractivity contribution < 1.29 is 27.8 Å². The van der Waals surface area contributed by atoms with E-state index in [0.717, 1.165) is 15.8 Å². The average Bonchev–Trinajstić information content (AvgIpc) is 2.89. The monoisotopic (exact) mass is 509 g/mol. The van der Waals surface area contributed by atoms with Crippen LogP contribution in [0.5, 0.6) is 11.5 Å².